The zero-order valence-corrected chi connectivity index (χ0v) is 16.1. The minimum atomic E-state index is -3.55. The molecule has 2 aromatic rings. The molecule has 0 unspecified atom stereocenters. The number of hydrogen-bond donors (Lipinski definition) is 1. The number of nitrogens with zero attached hydrogens (tertiary/aromatic N) is 1. The molecule has 1 N–H and O–H groups in total. The van der Waals surface area contributed by atoms with Gasteiger partial charge in [0.15, 0.2) is 0 Å². The largest absolute Gasteiger partial charge is 0.326 e. The molecule has 140 valence electrons. The SMILES string of the molecule is CCN(CC)S(=O)(=O)c1ccc(NC(=O)Cc2c(F)cccc2Cl)cc1. The van der Waals surface area contributed by atoms with Crippen molar-refractivity contribution in [2.45, 2.75) is 25.2 Å². The highest BCUT2D eigenvalue weighted by Gasteiger charge is 2.21. The quantitative estimate of drug-likeness (QED) is 0.773. The lowest BCUT2D eigenvalue weighted by atomic mass is 10.1. The second kappa shape index (κ2) is 8.62. The second-order valence-electron chi connectivity index (χ2n) is 5.54. The Balaban J connectivity index is 2.11. The standard InChI is InChI=1S/C18H20ClFN2O3S/c1-3-22(4-2)26(24,25)14-10-8-13(9-11-14)21-18(23)12-15-16(19)6-5-7-17(15)20/h5-11H,3-4,12H2,1-2H3,(H,21,23). The summed E-state index contributed by atoms with van der Waals surface area (Å²) in [5.41, 5.74) is 0.536. The molecule has 0 aliphatic heterocycles. The molecule has 26 heavy (non-hydrogen) atoms. The maximum atomic E-state index is 13.7. The summed E-state index contributed by atoms with van der Waals surface area (Å²) in [7, 11) is -3.55. The minimum Gasteiger partial charge on any atom is -0.326 e. The van der Waals surface area contributed by atoms with Crippen LogP contribution in [0.5, 0.6) is 0 Å². The molecule has 0 heterocycles. The van der Waals surface area contributed by atoms with Gasteiger partial charge in [-0.2, -0.15) is 4.31 Å². The number of sulfonamides is 1. The normalized spacial score (nSPS) is 11.6. The molecule has 0 radical (unpaired) electrons. The fourth-order valence-corrected chi connectivity index (χ4v) is 4.18. The first kappa shape index (κ1) is 20.4. The van der Waals surface area contributed by atoms with E-state index in [-0.39, 0.29) is 21.9 Å². The number of rotatable bonds is 7. The Kier molecular flexibility index (Phi) is 6.75. The molecular formula is C18H20ClFN2O3S. The molecule has 0 aliphatic carbocycles. The molecule has 5 nitrogen and oxygen atoms in total. The Bertz CT molecular complexity index is 862. The highest BCUT2D eigenvalue weighted by Crippen LogP contribution is 2.21. The summed E-state index contributed by atoms with van der Waals surface area (Å²) >= 11 is 5.91. The predicted molar refractivity (Wildman–Crippen MR) is 100 cm³/mol. The van der Waals surface area contributed by atoms with Crippen molar-refractivity contribution in [3.8, 4) is 0 Å². The van der Waals surface area contributed by atoms with E-state index in [0.29, 0.717) is 18.8 Å². The molecule has 0 saturated carbocycles. The number of carbonyl (C=O) groups excluding carboxylic acids is 1. The van der Waals surface area contributed by atoms with Crippen molar-refractivity contribution in [1.82, 2.24) is 4.31 Å². The van der Waals surface area contributed by atoms with E-state index in [4.69, 9.17) is 11.6 Å². The lowest BCUT2D eigenvalue weighted by Gasteiger charge is -2.18. The Morgan fingerprint density at radius 1 is 1.12 bits per heavy atom. The first-order valence-corrected chi connectivity index (χ1v) is 9.94. The van der Waals surface area contributed by atoms with Gasteiger partial charge in [0, 0.05) is 29.4 Å². The summed E-state index contributed by atoms with van der Waals surface area (Å²) in [4.78, 5) is 12.3. The summed E-state index contributed by atoms with van der Waals surface area (Å²) in [5.74, 6) is -0.996. The number of anilines is 1. The molecule has 2 rings (SSSR count). The molecule has 0 atom stereocenters. The first-order chi connectivity index (χ1) is 12.3. The van der Waals surface area contributed by atoms with Crippen molar-refractivity contribution in [2.75, 3.05) is 18.4 Å². The molecule has 0 aliphatic rings. The fraction of sp³-hybridized carbons (Fsp3) is 0.278. The average Bonchev–Trinajstić information content (AvgIpc) is 2.59. The van der Waals surface area contributed by atoms with Gasteiger partial charge in [-0.15, -0.1) is 0 Å². The van der Waals surface area contributed by atoms with Crippen LogP contribution in [0.15, 0.2) is 47.4 Å². The molecular weight excluding hydrogens is 379 g/mol. The Labute approximate surface area is 157 Å². The van der Waals surface area contributed by atoms with Gasteiger partial charge < -0.3 is 5.32 Å². The van der Waals surface area contributed by atoms with E-state index in [0.717, 1.165) is 0 Å². The summed E-state index contributed by atoms with van der Waals surface area (Å²) in [6.07, 6.45) is -0.217. The molecule has 0 fully saturated rings. The van der Waals surface area contributed by atoms with Crippen LogP contribution >= 0.6 is 11.6 Å². The van der Waals surface area contributed by atoms with Crippen LogP contribution in [0.4, 0.5) is 10.1 Å². The van der Waals surface area contributed by atoms with Crippen LogP contribution in [-0.2, 0) is 21.2 Å². The Hall–Kier alpha value is -1.96. The number of nitrogens with one attached hydrogen (secondary N) is 1. The third kappa shape index (κ3) is 4.60. The van der Waals surface area contributed by atoms with E-state index in [9.17, 15) is 17.6 Å². The zero-order chi connectivity index (χ0) is 19.3. The maximum Gasteiger partial charge on any atom is 0.243 e. The number of hydrogen-bond acceptors (Lipinski definition) is 3. The summed E-state index contributed by atoms with van der Waals surface area (Å²) in [6, 6.07) is 10.1. The van der Waals surface area contributed by atoms with E-state index < -0.39 is 21.7 Å². The van der Waals surface area contributed by atoms with Gasteiger partial charge in [-0.05, 0) is 36.4 Å². The number of halogens is 2. The summed E-state index contributed by atoms with van der Waals surface area (Å²) < 4.78 is 39.9. The van der Waals surface area contributed by atoms with E-state index >= 15 is 0 Å². The van der Waals surface area contributed by atoms with E-state index in [2.05, 4.69) is 5.32 Å². The molecule has 8 heteroatoms. The van der Waals surface area contributed by atoms with Crippen molar-refractivity contribution in [3.63, 3.8) is 0 Å². The molecule has 0 bridgehead atoms. The summed E-state index contributed by atoms with van der Waals surface area (Å²) in [5, 5.41) is 2.79. The molecule has 0 saturated heterocycles. The monoisotopic (exact) mass is 398 g/mol. The van der Waals surface area contributed by atoms with Crippen LogP contribution in [-0.4, -0.2) is 31.7 Å². The zero-order valence-electron chi connectivity index (χ0n) is 14.5. The van der Waals surface area contributed by atoms with Gasteiger partial charge in [0.1, 0.15) is 5.82 Å². The van der Waals surface area contributed by atoms with Crippen LogP contribution in [0, 0.1) is 5.82 Å². The van der Waals surface area contributed by atoms with Crippen LogP contribution < -0.4 is 5.32 Å². The van der Waals surface area contributed by atoms with Crippen molar-refractivity contribution < 1.29 is 17.6 Å². The molecule has 0 aromatic heterocycles. The van der Waals surface area contributed by atoms with Gasteiger partial charge in [0.2, 0.25) is 15.9 Å². The van der Waals surface area contributed by atoms with Crippen molar-refractivity contribution in [3.05, 3.63) is 58.9 Å². The van der Waals surface area contributed by atoms with Crippen molar-refractivity contribution >= 4 is 33.2 Å². The highest BCUT2D eigenvalue weighted by molar-refractivity contribution is 7.89. The topological polar surface area (TPSA) is 66.5 Å². The van der Waals surface area contributed by atoms with Gasteiger partial charge in [-0.3, -0.25) is 4.79 Å². The molecule has 1 amide bonds. The highest BCUT2D eigenvalue weighted by atomic mass is 35.5. The smallest absolute Gasteiger partial charge is 0.243 e. The Morgan fingerprint density at radius 3 is 2.27 bits per heavy atom. The lowest BCUT2D eigenvalue weighted by Crippen LogP contribution is -2.30. The van der Waals surface area contributed by atoms with Gasteiger partial charge in [-0.1, -0.05) is 31.5 Å². The lowest BCUT2D eigenvalue weighted by molar-refractivity contribution is -0.115. The second-order valence-corrected chi connectivity index (χ2v) is 7.88. The van der Waals surface area contributed by atoms with Crippen molar-refractivity contribution in [2.24, 2.45) is 0 Å². The van der Waals surface area contributed by atoms with Crippen LogP contribution in [0.2, 0.25) is 5.02 Å². The van der Waals surface area contributed by atoms with Gasteiger partial charge in [0.05, 0.1) is 11.3 Å². The van der Waals surface area contributed by atoms with Crippen LogP contribution in [0.25, 0.3) is 0 Å². The number of amides is 1. The average molecular weight is 399 g/mol. The minimum absolute atomic E-state index is 0.118. The van der Waals surface area contributed by atoms with Crippen molar-refractivity contribution in [1.29, 1.82) is 0 Å². The first-order valence-electron chi connectivity index (χ1n) is 8.12. The molecule has 0 spiro atoms. The van der Waals surface area contributed by atoms with E-state index in [1.54, 1.807) is 13.8 Å². The third-order valence-electron chi connectivity index (χ3n) is 3.88. The van der Waals surface area contributed by atoms with Gasteiger partial charge in [-0.25, -0.2) is 12.8 Å². The maximum absolute atomic E-state index is 13.7. The van der Waals surface area contributed by atoms with E-state index in [1.807, 2.05) is 0 Å². The molecule has 2 aromatic carbocycles. The van der Waals surface area contributed by atoms with Gasteiger partial charge in [0.25, 0.3) is 0 Å². The third-order valence-corrected chi connectivity index (χ3v) is 6.30. The Morgan fingerprint density at radius 2 is 1.73 bits per heavy atom. The fourth-order valence-electron chi connectivity index (χ4n) is 2.49. The summed E-state index contributed by atoms with van der Waals surface area (Å²) in [6.45, 7) is 4.29. The van der Waals surface area contributed by atoms with E-state index in [1.165, 1.54) is 46.8 Å². The predicted octanol–water partition coefficient (Wildman–Crippen LogP) is 3.69. The number of carbonyl (C=O) groups is 1. The number of benzene rings is 2. The van der Waals surface area contributed by atoms with Crippen LogP contribution in [0.3, 0.4) is 0 Å². The van der Waals surface area contributed by atoms with Crippen LogP contribution in [0.1, 0.15) is 19.4 Å². The van der Waals surface area contributed by atoms with Gasteiger partial charge >= 0.3 is 0 Å².